The van der Waals surface area contributed by atoms with E-state index in [-0.39, 0.29) is 5.69 Å². The summed E-state index contributed by atoms with van der Waals surface area (Å²) in [5.74, 6) is 0.418. The number of nitrogens with zero attached hydrogens (tertiary/aromatic N) is 2. The monoisotopic (exact) mass is 367 g/mol. The van der Waals surface area contributed by atoms with Crippen LogP contribution in [-0.2, 0) is 7.05 Å². The smallest absolute Gasteiger partial charge is 0.282 e. The summed E-state index contributed by atoms with van der Waals surface area (Å²) in [5.41, 5.74) is 3.15. The number of methoxy groups -OCH3 is 2. The lowest BCUT2D eigenvalue weighted by molar-refractivity contribution is 0.102. The van der Waals surface area contributed by atoms with Gasteiger partial charge in [0.25, 0.3) is 11.5 Å². The van der Waals surface area contributed by atoms with Gasteiger partial charge in [-0.05, 0) is 49.2 Å². The number of carbonyl (C=O) groups is 1. The first-order valence-corrected chi connectivity index (χ1v) is 8.37. The molecule has 7 nitrogen and oxygen atoms in total. The van der Waals surface area contributed by atoms with Crippen LogP contribution in [0.2, 0.25) is 0 Å². The van der Waals surface area contributed by atoms with Crippen LogP contribution in [0.3, 0.4) is 0 Å². The highest BCUT2D eigenvalue weighted by Gasteiger charge is 2.18. The Kier molecular flexibility index (Phi) is 4.85. The molecule has 0 aliphatic rings. The molecular weight excluding hydrogens is 346 g/mol. The summed E-state index contributed by atoms with van der Waals surface area (Å²) in [5, 5.41) is 2.69. The third-order valence-corrected chi connectivity index (χ3v) is 4.56. The Morgan fingerprint density at radius 2 is 1.78 bits per heavy atom. The van der Waals surface area contributed by atoms with Crippen LogP contribution >= 0.6 is 0 Å². The van der Waals surface area contributed by atoms with Gasteiger partial charge in [-0.1, -0.05) is 0 Å². The number of nitrogens with one attached hydrogen (secondary N) is 1. The lowest BCUT2D eigenvalue weighted by Crippen LogP contribution is -2.30. The predicted octanol–water partition coefficient (Wildman–Crippen LogP) is 2.82. The first-order chi connectivity index (χ1) is 12.8. The second kappa shape index (κ2) is 7.11. The highest BCUT2D eigenvalue weighted by atomic mass is 16.5. The lowest BCUT2D eigenvalue weighted by atomic mass is 10.1. The molecule has 2 aromatic carbocycles. The number of benzene rings is 2. The highest BCUT2D eigenvalue weighted by molar-refractivity contribution is 6.04. The standard InChI is InChI=1S/C20H21N3O4/c1-11-8-15-16(9-12(11)2)23(3)20(25)18(21-15)19(24)22-14-7-6-13(26-4)10-17(14)27-5/h6-10H,1-5H3,(H,22,24). The van der Waals surface area contributed by atoms with Crippen LogP contribution < -0.4 is 20.3 Å². The van der Waals surface area contributed by atoms with E-state index in [0.29, 0.717) is 28.2 Å². The van der Waals surface area contributed by atoms with Crippen LogP contribution in [0.15, 0.2) is 35.1 Å². The molecule has 0 unspecified atom stereocenters. The second-order valence-electron chi connectivity index (χ2n) is 6.27. The zero-order valence-electron chi connectivity index (χ0n) is 15.9. The summed E-state index contributed by atoms with van der Waals surface area (Å²) < 4.78 is 11.9. The molecule has 3 rings (SSSR count). The van der Waals surface area contributed by atoms with Gasteiger partial charge in [0, 0.05) is 13.1 Å². The van der Waals surface area contributed by atoms with Gasteiger partial charge >= 0.3 is 0 Å². The molecule has 0 aliphatic heterocycles. The summed E-state index contributed by atoms with van der Waals surface area (Å²) in [7, 11) is 4.66. The van der Waals surface area contributed by atoms with Crippen LogP contribution in [0.1, 0.15) is 21.6 Å². The molecule has 1 N–H and O–H groups in total. The maximum absolute atomic E-state index is 12.7. The van der Waals surface area contributed by atoms with Crippen LogP contribution in [0.4, 0.5) is 5.69 Å². The van der Waals surface area contributed by atoms with Crippen LogP contribution in [0.25, 0.3) is 11.0 Å². The Balaban J connectivity index is 2.05. The third-order valence-electron chi connectivity index (χ3n) is 4.56. The number of ether oxygens (including phenoxy) is 2. The second-order valence-corrected chi connectivity index (χ2v) is 6.27. The molecule has 0 bridgehead atoms. The fourth-order valence-corrected chi connectivity index (χ4v) is 2.81. The van der Waals surface area contributed by atoms with Crippen molar-refractivity contribution in [1.29, 1.82) is 0 Å². The Labute approximate surface area is 156 Å². The molecule has 0 spiro atoms. The van der Waals surface area contributed by atoms with E-state index in [1.54, 1.807) is 32.4 Å². The molecule has 1 heterocycles. The number of hydrogen-bond donors (Lipinski definition) is 1. The first kappa shape index (κ1) is 18.4. The van der Waals surface area contributed by atoms with Gasteiger partial charge in [0.2, 0.25) is 0 Å². The van der Waals surface area contributed by atoms with E-state index < -0.39 is 11.5 Å². The molecule has 0 radical (unpaired) electrons. The van der Waals surface area contributed by atoms with Gasteiger partial charge in [0.05, 0.1) is 30.9 Å². The van der Waals surface area contributed by atoms with Gasteiger partial charge in [-0.15, -0.1) is 0 Å². The molecular formula is C20H21N3O4. The van der Waals surface area contributed by atoms with E-state index in [9.17, 15) is 9.59 Å². The number of rotatable bonds is 4. The third kappa shape index (κ3) is 3.36. The van der Waals surface area contributed by atoms with Crippen molar-refractivity contribution in [3.63, 3.8) is 0 Å². The van der Waals surface area contributed by atoms with Crippen molar-refractivity contribution in [3.05, 3.63) is 57.5 Å². The number of hydrogen-bond acceptors (Lipinski definition) is 5. The van der Waals surface area contributed by atoms with Crippen molar-refractivity contribution in [1.82, 2.24) is 9.55 Å². The van der Waals surface area contributed by atoms with Gasteiger partial charge in [0.1, 0.15) is 11.5 Å². The minimum Gasteiger partial charge on any atom is -0.497 e. The Morgan fingerprint density at radius 1 is 1.07 bits per heavy atom. The molecule has 0 fully saturated rings. The summed E-state index contributed by atoms with van der Waals surface area (Å²) in [6, 6.07) is 8.75. The molecule has 0 aliphatic carbocycles. The molecule has 0 saturated heterocycles. The van der Waals surface area contributed by atoms with E-state index in [2.05, 4.69) is 10.3 Å². The molecule has 3 aromatic rings. The number of aryl methyl sites for hydroxylation is 3. The summed E-state index contributed by atoms with van der Waals surface area (Å²) in [6.07, 6.45) is 0. The van der Waals surface area contributed by atoms with Crippen LogP contribution in [0.5, 0.6) is 11.5 Å². The zero-order valence-corrected chi connectivity index (χ0v) is 15.9. The average Bonchev–Trinajstić information content (AvgIpc) is 2.66. The molecule has 1 amide bonds. The SMILES string of the molecule is COc1ccc(NC(=O)c2nc3cc(C)c(C)cc3n(C)c2=O)c(OC)c1. The van der Waals surface area contributed by atoms with Gasteiger partial charge in [0.15, 0.2) is 5.69 Å². The number of amides is 1. The Hall–Kier alpha value is -3.35. The lowest BCUT2D eigenvalue weighted by Gasteiger charge is -2.13. The van der Waals surface area contributed by atoms with E-state index >= 15 is 0 Å². The Morgan fingerprint density at radius 3 is 2.44 bits per heavy atom. The van der Waals surface area contributed by atoms with E-state index in [4.69, 9.17) is 9.47 Å². The number of anilines is 1. The number of aromatic nitrogens is 2. The summed E-state index contributed by atoms with van der Waals surface area (Å²) in [6.45, 7) is 3.93. The summed E-state index contributed by atoms with van der Waals surface area (Å²) in [4.78, 5) is 29.7. The quantitative estimate of drug-likeness (QED) is 0.767. The van der Waals surface area contributed by atoms with E-state index in [0.717, 1.165) is 11.1 Å². The molecule has 140 valence electrons. The topological polar surface area (TPSA) is 82.5 Å². The first-order valence-electron chi connectivity index (χ1n) is 8.37. The number of carbonyl (C=O) groups excluding carboxylic acids is 1. The van der Waals surface area contributed by atoms with Gasteiger partial charge < -0.3 is 19.4 Å². The van der Waals surface area contributed by atoms with Gasteiger partial charge in [-0.3, -0.25) is 9.59 Å². The Bertz CT molecular complexity index is 1100. The van der Waals surface area contributed by atoms with Gasteiger partial charge in [-0.2, -0.15) is 0 Å². The normalized spacial score (nSPS) is 10.7. The van der Waals surface area contributed by atoms with Crippen molar-refractivity contribution in [2.75, 3.05) is 19.5 Å². The van der Waals surface area contributed by atoms with Crippen molar-refractivity contribution < 1.29 is 14.3 Å². The van der Waals surface area contributed by atoms with Crippen molar-refractivity contribution in [3.8, 4) is 11.5 Å². The fraction of sp³-hybridized carbons (Fsp3) is 0.250. The van der Waals surface area contributed by atoms with E-state index in [1.807, 2.05) is 26.0 Å². The highest BCUT2D eigenvalue weighted by Crippen LogP contribution is 2.29. The maximum atomic E-state index is 12.7. The molecule has 27 heavy (non-hydrogen) atoms. The van der Waals surface area contributed by atoms with Crippen LogP contribution in [-0.4, -0.2) is 29.7 Å². The molecule has 0 saturated carbocycles. The average molecular weight is 367 g/mol. The minimum absolute atomic E-state index is 0.175. The summed E-state index contributed by atoms with van der Waals surface area (Å²) >= 11 is 0. The van der Waals surface area contributed by atoms with E-state index in [1.165, 1.54) is 11.7 Å². The van der Waals surface area contributed by atoms with Crippen LogP contribution in [0, 0.1) is 13.8 Å². The largest absolute Gasteiger partial charge is 0.497 e. The van der Waals surface area contributed by atoms with Crippen molar-refractivity contribution in [2.24, 2.45) is 7.05 Å². The maximum Gasteiger partial charge on any atom is 0.282 e. The zero-order chi connectivity index (χ0) is 19.7. The predicted molar refractivity (Wildman–Crippen MR) is 104 cm³/mol. The van der Waals surface area contributed by atoms with Crippen molar-refractivity contribution >= 4 is 22.6 Å². The fourth-order valence-electron chi connectivity index (χ4n) is 2.81. The molecule has 1 aromatic heterocycles. The number of fused-ring (bicyclic) bond motifs is 1. The molecule has 0 atom stereocenters. The van der Waals surface area contributed by atoms with Gasteiger partial charge in [-0.25, -0.2) is 4.98 Å². The minimum atomic E-state index is -0.598. The molecule has 7 heteroatoms. The van der Waals surface area contributed by atoms with Crippen molar-refractivity contribution in [2.45, 2.75) is 13.8 Å².